The van der Waals surface area contributed by atoms with E-state index >= 15 is 0 Å². The van der Waals surface area contributed by atoms with Crippen LogP contribution in [0.15, 0.2) is 0 Å². The third-order valence-electron chi connectivity index (χ3n) is 2.73. The largest absolute Gasteiger partial charge is 0.396 e. The molecule has 6 heteroatoms. The number of hydrogen-bond acceptors (Lipinski definition) is 6. The zero-order valence-electron chi connectivity index (χ0n) is 11.2. The van der Waals surface area contributed by atoms with Gasteiger partial charge in [0.1, 0.15) is 17.5 Å². The van der Waals surface area contributed by atoms with Gasteiger partial charge in [-0.1, -0.05) is 6.92 Å². The molecular weight excluding hydrogens is 232 g/mol. The third-order valence-corrected chi connectivity index (χ3v) is 2.73. The number of rotatable bonds is 7. The molecule has 0 saturated heterocycles. The number of nitrogens with zero attached hydrogens (tertiary/aromatic N) is 2. The molecule has 18 heavy (non-hydrogen) atoms. The van der Waals surface area contributed by atoms with Crippen LogP contribution < -0.4 is 11.1 Å². The number of hydrogen-bond donors (Lipinski definition) is 3. The fourth-order valence-electron chi connectivity index (χ4n) is 1.63. The van der Waals surface area contributed by atoms with Crippen molar-refractivity contribution in [1.82, 2.24) is 9.97 Å². The molecule has 0 aliphatic rings. The summed E-state index contributed by atoms with van der Waals surface area (Å²) >= 11 is 0. The van der Waals surface area contributed by atoms with E-state index < -0.39 is 0 Å². The van der Waals surface area contributed by atoms with Crippen LogP contribution in [0.2, 0.25) is 0 Å². The van der Waals surface area contributed by atoms with Gasteiger partial charge in [-0.15, -0.1) is 0 Å². The molecule has 1 aromatic heterocycles. The van der Waals surface area contributed by atoms with Gasteiger partial charge in [-0.2, -0.15) is 0 Å². The molecule has 0 radical (unpaired) electrons. The predicted octanol–water partition coefficient (Wildman–Crippen LogP) is 0.739. The van der Waals surface area contributed by atoms with Gasteiger partial charge in [0.25, 0.3) is 0 Å². The normalized spacial score (nSPS) is 12.4. The number of aromatic nitrogens is 2. The molecule has 0 fully saturated rings. The minimum Gasteiger partial charge on any atom is -0.396 e. The number of ether oxygens (including phenoxy) is 1. The van der Waals surface area contributed by atoms with Gasteiger partial charge in [-0.05, 0) is 13.3 Å². The molecule has 0 aliphatic heterocycles. The van der Waals surface area contributed by atoms with Crippen LogP contribution in [0.25, 0.3) is 0 Å². The lowest BCUT2D eigenvalue weighted by molar-refractivity contribution is 0.170. The van der Waals surface area contributed by atoms with Crippen molar-refractivity contribution in [1.29, 1.82) is 0 Å². The second-order valence-corrected chi connectivity index (χ2v) is 4.16. The van der Waals surface area contributed by atoms with Gasteiger partial charge >= 0.3 is 0 Å². The summed E-state index contributed by atoms with van der Waals surface area (Å²) in [6.45, 7) is 4.46. The third kappa shape index (κ3) is 3.82. The lowest BCUT2D eigenvalue weighted by Crippen LogP contribution is -2.27. The van der Waals surface area contributed by atoms with E-state index in [2.05, 4.69) is 15.3 Å². The summed E-state index contributed by atoms with van der Waals surface area (Å²) in [4.78, 5) is 8.61. The molecule has 0 aromatic carbocycles. The van der Waals surface area contributed by atoms with E-state index in [1.165, 1.54) is 0 Å². The second-order valence-electron chi connectivity index (χ2n) is 4.16. The summed E-state index contributed by atoms with van der Waals surface area (Å²) in [7, 11) is 1.63. The van der Waals surface area contributed by atoms with Crippen molar-refractivity contribution in [2.24, 2.45) is 0 Å². The lowest BCUT2D eigenvalue weighted by atomic mass is 10.2. The average Bonchev–Trinajstić information content (AvgIpc) is 2.35. The molecule has 102 valence electrons. The molecule has 0 amide bonds. The van der Waals surface area contributed by atoms with Crippen LogP contribution in [0, 0.1) is 6.92 Å². The fraction of sp³-hybridized carbons (Fsp3) is 0.667. The maximum atomic E-state index is 9.01. The average molecular weight is 254 g/mol. The van der Waals surface area contributed by atoms with E-state index in [1.807, 2.05) is 13.8 Å². The fourth-order valence-corrected chi connectivity index (χ4v) is 1.63. The molecule has 4 N–H and O–H groups in total. The minimum absolute atomic E-state index is 0.0118. The number of nitrogens with one attached hydrogen (secondary N) is 1. The summed E-state index contributed by atoms with van der Waals surface area (Å²) in [5.41, 5.74) is 6.67. The Morgan fingerprint density at radius 1 is 1.44 bits per heavy atom. The Bertz CT molecular complexity index is 379. The first-order chi connectivity index (χ1) is 8.62. The highest BCUT2D eigenvalue weighted by molar-refractivity contribution is 5.55. The molecule has 1 rings (SSSR count). The maximum absolute atomic E-state index is 9.01. The van der Waals surface area contributed by atoms with E-state index in [-0.39, 0.29) is 12.6 Å². The quantitative estimate of drug-likeness (QED) is 0.664. The summed E-state index contributed by atoms with van der Waals surface area (Å²) in [5.74, 6) is 1.92. The standard InChI is InChI=1S/C12H22N4O2/c1-4-10-15-11(13)8(2)12(16-10)14-9(5-6-17)7-18-3/h9,17H,4-7H2,1-3H3,(H3,13,14,15,16). The zero-order valence-corrected chi connectivity index (χ0v) is 11.2. The highest BCUT2D eigenvalue weighted by Gasteiger charge is 2.13. The lowest BCUT2D eigenvalue weighted by Gasteiger charge is -2.19. The topological polar surface area (TPSA) is 93.3 Å². The van der Waals surface area contributed by atoms with Crippen LogP contribution in [0.5, 0.6) is 0 Å². The number of anilines is 2. The van der Waals surface area contributed by atoms with Gasteiger partial charge in [0, 0.05) is 25.7 Å². The molecule has 0 spiro atoms. The van der Waals surface area contributed by atoms with Crippen molar-refractivity contribution >= 4 is 11.6 Å². The van der Waals surface area contributed by atoms with Crippen LogP contribution in [-0.2, 0) is 11.2 Å². The molecule has 1 unspecified atom stereocenters. The van der Waals surface area contributed by atoms with Crippen molar-refractivity contribution in [3.63, 3.8) is 0 Å². The van der Waals surface area contributed by atoms with Crippen LogP contribution in [-0.4, -0.2) is 41.4 Å². The van der Waals surface area contributed by atoms with Crippen LogP contribution in [0.1, 0.15) is 24.7 Å². The highest BCUT2D eigenvalue weighted by Crippen LogP contribution is 2.18. The van der Waals surface area contributed by atoms with Gasteiger partial charge in [-0.25, -0.2) is 9.97 Å². The second kappa shape index (κ2) is 7.13. The van der Waals surface area contributed by atoms with Crippen molar-refractivity contribution in [3.8, 4) is 0 Å². The summed E-state index contributed by atoms with van der Waals surface area (Å²) in [6.07, 6.45) is 1.33. The molecule has 0 bridgehead atoms. The van der Waals surface area contributed by atoms with E-state index in [4.69, 9.17) is 15.6 Å². The molecule has 0 saturated carbocycles. The monoisotopic (exact) mass is 254 g/mol. The number of aliphatic hydroxyl groups excluding tert-OH is 1. The van der Waals surface area contributed by atoms with Crippen molar-refractivity contribution in [2.45, 2.75) is 32.7 Å². The molecule has 1 aromatic rings. The number of nitrogen functional groups attached to an aromatic ring is 1. The Morgan fingerprint density at radius 3 is 2.72 bits per heavy atom. The minimum atomic E-state index is 0.0118. The van der Waals surface area contributed by atoms with Crippen molar-refractivity contribution in [2.75, 3.05) is 31.4 Å². The summed E-state index contributed by atoms with van der Waals surface area (Å²) in [6, 6.07) is 0.0118. The van der Waals surface area contributed by atoms with Crippen molar-refractivity contribution < 1.29 is 9.84 Å². The Morgan fingerprint density at radius 2 is 2.17 bits per heavy atom. The first-order valence-electron chi connectivity index (χ1n) is 6.11. The SMILES string of the molecule is CCc1nc(N)c(C)c(NC(CCO)COC)n1. The first-order valence-corrected chi connectivity index (χ1v) is 6.11. The van der Waals surface area contributed by atoms with Crippen LogP contribution >= 0.6 is 0 Å². The van der Waals surface area contributed by atoms with Gasteiger partial charge < -0.3 is 20.9 Å². The molecule has 1 heterocycles. The Kier molecular flexibility index (Phi) is 5.80. The number of aryl methyl sites for hydroxylation is 1. The Labute approximate surface area is 108 Å². The first kappa shape index (κ1) is 14.7. The molecule has 0 aliphatic carbocycles. The highest BCUT2D eigenvalue weighted by atomic mass is 16.5. The van der Waals surface area contributed by atoms with Crippen LogP contribution in [0.3, 0.4) is 0 Å². The van der Waals surface area contributed by atoms with Crippen LogP contribution in [0.4, 0.5) is 11.6 Å². The molecular formula is C12H22N4O2. The van der Waals surface area contributed by atoms with E-state index in [0.717, 1.165) is 17.8 Å². The summed E-state index contributed by atoms with van der Waals surface area (Å²) in [5, 5.41) is 12.3. The van der Waals surface area contributed by atoms with Crippen molar-refractivity contribution in [3.05, 3.63) is 11.4 Å². The number of methoxy groups -OCH3 is 1. The molecule has 6 nitrogen and oxygen atoms in total. The van der Waals surface area contributed by atoms with Gasteiger partial charge in [-0.3, -0.25) is 0 Å². The smallest absolute Gasteiger partial charge is 0.135 e. The molecule has 1 atom stereocenters. The Hall–Kier alpha value is -1.40. The number of nitrogens with two attached hydrogens (primary N) is 1. The zero-order chi connectivity index (χ0) is 13.5. The van der Waals surface area contributed by atoms with E-state index in [9.17, 15) is 0 Å². The van der Waals surface area contributed by atoms with Gasteiger partial charge in [0.05, 0.1) is 12.6 Å². The van der Waals surface area contributed by atoms with E-state index in [0.29, 0.717) is 24.7 Å². The van der Waals surface area contributed by atoms with Gasteiger partial charge in [0.15, 0.2) is 0 Å². The Balaban J connectivity index is 2.89. The maximum Gasteiger partial charge on any atom is 0.135 e. The van der Waals surface area contributed by atoms with Gasteiger partial charge in [0.2, 0.25) is 0 Å². The number of aliphatic hydroxyl groups is 1. The summed E-state index contributed by atoms with van der Waals surface area (Å²) < 4.78 is 5.11. The van der Waals surface area contributed by atoms with E-state index in [1.54, 1.807) is 7.11 Å². The predicted molar refractivity (Wildman–Crippen MR) is 71.5 cm³/mol.